The monoisotopic (exact) mass is 434 g/mol. The molecule has 0 saturated carbocycles. The van der Waals surface area contributed by atoms with Crippen molar-refractivity contribution in [3.05, 3.63) is 52.2 Å². The molecule has 1 aliphatic rings. The molecule has 0 bridgehead atoms. The van der Waals surface area contributed by atoms with Gasteiger partial charge in [0.1, 0.15) is 6.61 Å². The van der Waals surface area contributed by atoms with Gasteiger partial charge in [-0.1, -0.05) is 12.1 Å². The van der Waals surface area contributed by atoms with Crippen molar-refractivity contribution < 1.29 is 27.5 Å². The molecule has 0 aliphatic carbocycles. The standard InChI is InChI=1S/C19H18N2O6S2/c1-21-18(19(24)14-5-3-4-6-16(14)29(21,25)26)15(22)8-7-13-9-12(11-28-13)20-17(23)10-27-2/h3-9,11,18H,10H2,1-2H3,(H,20,23). The number of nitrogens with one attached hydrogen (secondary N) is 1. The Morgan fingerprint density at radius 1 is 1.31 bits per heavy atom. The second kappa shape index (κ2) is 8.37. The lowest BCUT2D eigenvalue weighted by Crippen LogP contribution is -2.50. The highest BCUT2D eigenvalue weighted by molar-refractivity contribution is 7.89. The minimum atomic E-state index is -3.94. The van der Waals surface area contributed by atoms with E-state index in [0.717, 1.165) is 4.31 Å². The number of carbonyl (C=O) groups excluding carboxylic acids is 3. The van der Waals surface area contributed by atoms with Crippen molar-refractivity contribution in [2.24, 2.45) is 0 Å². The zero-order valence-corrected chi connectivity index (χ0v) is 17.2. The molecule has 1 amide bonds. The summed E-state index contributed by atoms with van der Waals surface area (Å²) in [7, 11) is -1.32. The zero-order chi connectivity index (χ0) is 21.2. The Bertz CT molecular complexity index is 1100. The summed E-state index contributed by atoms with van der Waals surface area (Å²) in [5.74, 6) is -1.52. The van der Waals surface area contributed by atoms with Crippen LogP contribution in [-0.2, 0) is 24.3 Å². The summed E-state index contributed by atoms with van der Waals surface area (Å²) < 4.78 is 30.8. The van der Waals surface area contributed by atoms with Gasteiger partial charge in [-0.3, -0.25) is 14.4 Å². The summed E-state index contributed by atoms with van der Waals surface area (Å²) in [4.78, 5) is 37.5. The third-order valence-electron chi connectivity index (χ3n) is 4.28. The summed E-state index contributed by atoms with van der Waals surface area (Å²) in [5, 5.41) is 4.33. The maximum atomic E-state index is 12.7. The lowest BCUT2D eigenvalue weighted by Gasteiger charge is -2.30. The lowest BCUT2D eigenvalue weighted by atomic mass is 10.00. The molecule has 1 N–H and O–H groups in total. The van der Waals surface area contributed by atoms with Gasteiger partial charge in [0.2, 0.25) is 15.9 Å². The van der Waals surface area contributed by atoms with Gasteiger partial charge in [-0.15, -0.1) is 11.3 Å². The van der Waals surface area contributed by atoms with E-state index < -0.39 is 27.6 Å². The average molecular weight is 434 g/mol. The van der Waals surface area contributed by atoms with Crippen LogP contribution in [0.4, 0.5) is 5.69 Å². The van der Waals surface area contributed by atoms with Crippen molar-refractivity contribution in [2.75, 3.05) is 26.1 Å². The van der Waals surface area contributed by atoms with E-state index in [0.29, 0.717) is 10.6 Å². The lowest BCUT2D eigenvalue weighted by molar-refractivity contribution is -0.119. The topological polar surface area (TPSA) is 110 Å². The van der Waals surface area contributed by atoms with Gasteiger partial charge >= 0.3 is 0 Å². The summed E-state index contributed by atoms with van der Waals surface area (Å²) >= 11 is 1.28. The van der Waals surface area contributed by atoms with Crippen LogP contribution in [0.2, 0.25) is 0 Å². The molecule has 0 radical (unpaired) electrons. The van der Waals surface area contributed by atoms with Crippen LogP contribution in [0.15, 0.2) is 46.7 Å². The van der Waals surface area contributed by atoms with E-state index in [4.69, 9.17) is 4.74 Å². The number of anilines is 1. The largest absolute Gasteiger partial charge is 0.375 e. The van der Waals surface area contributed by atoms with Crippen LogP contribution in [0.3, 0.4) is 0 Å². The molecule has 2 aromatic rings. The highest BCUT2D eigenvalue weighted by Crippen LogP contribution is 2.29. The molecule has 0 spiro atoms. The summed E-state index contributed by atoms with van der Waals surface area (Å²) in [6.07, 6.45) is 2.66. The highest BCUT2D eigenvalue weighted by atomic mass is 32.2. The van der Waals surface area contributed by atoms with Gasteiger partial charge in [0.25, 0.3) is 0 Å². The Morgan fingerprint density at radius 2 is 2.03 bits per heavy atom. The third kappa shape index (κ3) is 4.20. The maximum absolute atomic E-state index is 12.7. The number of fused-ring (bicyclic) bond motifs is 1. The average Bonchev–Trinajstić information content (AvgIpc) is 3.12. The fraction of sp³-hybridized carbons (Fsp3) is 0.211. The molecular weight excluding hydrogens is 416 g/mol. The van der Waals surface area contributed by atoms with Crippen LogP contribution in [0.25, 0.3) is 6.08 Å². The number of likely N-dealkylation sites (N-methyl/N-ethyl adjacent to an activating group) is 1. The second-order valence-corrected chi connectivity index (χ2v) is 9.15. The van der Waals surface area contributed by atoms with Crippen molar-refractivity contribution in [1.29, 1.82) is 0 Å². The van der Waals surface area contributed by atoms with Crippen molar-refractivity contribution in [3.8, 4) is 0 Å². The number of thiophene rings is 1. The summed E-state index contributed by atoms with van der Waals surface area (Å²) in [5.41, 5.74) is 0.558. The molecule has 1 aromatic carbocycles. The Kier molecular flexibility index (Phi) is 6.08. The van der Waals surface area contributed by atoms with E-state index in [9.17, 15) is 22.8 Å². The first-order valence-corrected chi connectivity index (χ1v) is 10.8. The number of carbonyl (C=O) groups is 3. The van der Waals surface area contributed by atoms with Gasteiger partial charge in [-0.25, -0.2) is 8.42 Å². The van der Waals surface area contributed by atoms with E-state index in [-0.39, 0.29) is 23.0 Å². The molecule has 152 valence electrons. The first kappa shape index (κ1) is 21.1. The normalized spacial score (nSPS) is 18.6. The number of sulfonamides is 1. The van der Waals surface area contributed by atoms with Crippen LogP contribution in [0.1, 0.15) is 15.2 Å². The first-order chi connectivity index (χ1) is 13.8. The minimum Gasteiger partial charge on any atom is -0.375 e. The smallest absolute Gasteiger partial charge is 0.250 e. The number of ether oxygens (including phenoxy) is 1. The van der Waals surface area contributed by atoms with Crippen molar-refractivity contribution in [3.63, 3.8) is 0 Å². The predicted molar refractivity (Wildman–Crippen MR) is 108 cm³/mol. The number of nitrogens with zero attached hydrogens (tertiary/aromatic N) is 1. The molecule has 1 aliphatic heterocycles. The molecule has 10 heteroatoms. The molecule has 2 heterocycles. The molecule has 8 nitrogen and oxygen atoms in total. The van der Waals surface area contributed by atoms with E-state index in [1.807, 2.05) is 0 Å². The van der Waals surface area contributed by atoms with Crippen molar-refractivity contribution in [2.45, 2.75) is 10.9 Å². The number of methoxy groups -OCH3 is 1. The SMILES string of the molecule is COCC(=O)Nc1csc(C=CC(=O)C2C(=O)c3ccccc3S(=O)(=O)N2C)c1. The Morgan fingerprint density at radius 3 is 2.76 bits per heavy atom. The van der Waals surface area contributed by atoms with Gasteiger partial charge in [-0.05, 0) is 30.4 Å². The highest BCUT2D eigenvalue weighted by Gasteiger charge is 2.44. The second-order valence-electron chi connectivity index (χ2n) is 6.24. The number of rotatable bonds is 6. The Hall–Kier alpha value is -2.66. The molecule has 1 unspecified atom stereocenters. The van der Waals surface area contributed by atoms with Gasteiger partial charge in [0, 0.05) is 30.0 Å². The number of ketones is 2. The van der Waals surface area contributed by atoms with Gasteiger partial charge < -0.3 is 10.1 Å². The van der Waals surface area contributed by atoms with E-state index in [2.05, 4.69) is 5.32 Å². The fourth-order valence-corrected chi connectivity index (χ4v) is 5.12. The Balaban J connectivity index is 1.80. The van der Waals surface area contributed by atoms with Crippen LogP contribution in [-0.4, -0.2) is 57.0 Å². The van der Waals surface area contributed by atoms with Crippen molar-refractivity contribution in [1.82, 2.24) is 4.31 Å². The third-order valence-corrected chi connectivity index (χ3v) is 7.06. The number of hydrogen-bond donors (Lipinski definition) is 1. The quantitative estimate of drug-likeness (QED) is 0.548. The van der Waals surface area contributed by atoms with Crippen molar-refractivity contribution >= 4 is 50.6 Å². The number of benzene rings is 1. The number of hydrogen-bond acceptors (Lipinski definition) is 7. The van der Waals surface area contributed by atoms with Gasteiger partial charge in [-0.2, -0.15) is 4.31 Å². The van der Waals surface area contributed by atoms with Crippen LogP contribution in [0.5, 0.6) is 0 Å². The maximum Gasteiger partial charge on any atom is 0.250 e. The molecule has 0 saturated heterocycles. The van der Waals surface area contributed by atoms with Gasteiger partial charge in [0.05, 0.1) is 10.6 Å². The van der Waals surface area contributed by atoms with Gasteiger partial charge in [0.15, 0.2) is 17.6 Å². The van der Waals surface area contributed by atoms with Crippen LogP contribution < -0.4 is 5.32 Å². The van der Waals surface area contributed by atoms with E-state index >= 15 is 0 Å². The number of amides is 1. The summed E-state index contributed by atoms with van der Waals surface area (Å²) in [6.45, 7) is -0.0778. The summed E-state index contributed by atoms with van der Waals surface area (Å²) in [6, 6.07) is 6.04. The molecule has 1 atom stereocenters. The van der Waals surface area contributed by atoms with E-state index in [1.165, 1.54) is 55.8 Å². The zero-order valence-electron chi connectivity index (χ0n) is 15.6. The Labute approximate surface area is 171 Å². The first-order valence-electron chi connectivity index (χ1n) is 8.46. The molecule has 1 aromatic heterocycles. The fourth-order valence-electron chi connectivity index (χ4n) is 2.90. The molecule has 29 heavy (non-hydrogen) atoms. The predicted octanol–water partition coefficient (Wildman–Crippen LogP) is 1.80. The molecule has 3 rings (SSSR count). The molecular formula is C19H18N2O6S2. The number of Topliss-reactive ketones (excluding diaryl/α,β-unsaturated/α-hetero) is 1. The van der Waals surface area contributed by atoms with Crippen LogP contribution >= 0.6 is 11.3 Å². The molecule has 0 fully saturated rings. The van der Waals surface area contributed by atoms with E-state index in [1.54, 1.807) is 17.5 Å². The minimum absolute atomic E-state index is 0.0108. The van der Waals surface area contributed by atoms with Crippen LogP contribution in [0, 0.1) is 0 Å².